The molecule has 190 valence electrons. The van der Waals surface area contributed by atoms with Crippen molar-refractivity contribution in [3.8, 4) is 11.5 Å². The second-order valence-electron chi connectivity index (χ2n) is 9.29. The Hall–Kier alpha value is -2.86. The van der Waals surface area contributed by atoms with Crippen molar-refractivity contribution in [2.45, 2.75) is 36.2 Å². The number of likely N-dealkylation sites (tertiary alicyclic amines) is 1. The summed E-state index contributed by atoms with van der Waals surface area (Å²) in [5.41, 5.74) is 6.57. The highest BCUT2D eigenvalue weighted by molar-refractivity contribution is 7.91. The van der Waals surface area contributed by atoms with Crippen LogP contribution in [0.1, 0.15) is 30.2 Å². The first-order chi connectivity index (χ1) is 17.1. The molecule has 36 heavy (non-hydrogen) atoms. The number of rotatable bonds is 4. The minimum atomic E-state index is -4.05. The highest BCUT2D eigenvalue weighted by Gasteiger charge is 2.37. The lowest BCUT2D eigenvalue weighted by Gasteiger charge is -2.27. The molecule has 2 aromatic carbocycles. The Labute approximate surface area is 213 Å². The van der Waals surface area contributed by atoms with Crippen molar-refractivity contribution in [3.63, 3.8) is 0 Å². The van der Waals surface area contributed by atoms with Gasteiger partial charge in [-0.25, -0.2) is 12.8 Å². The summed E-state index contributed by atoms with van der Waals surface area (Å²) >= 11 is 5.98. The molecule has 2 atom stereocenters. The molecular weight excluding hydrogens is 509 g/mol. The molecule has 1 amide bonds. The minimum absolute atomic E-state index is 0.0106. The number of benzene rings is 2. The number of nitrogens with two attached hydrogens (primary N) is 1. The van der Waals surface area contributed by atoms with Crippen LogP contribution in [-0.4, -0.2) is 61.4 Å². The number of carbonyl (C=O) groups is 1. The van der Waals surface area contributed by atoms with Crippen molar-refractivity contribution in [1.29, 1.82) is 0 Å². The van der Waals surface area contributed by atoms with Crippen molar-refractivity contribution >= 4 is 33.0 Å². The van der Waals surface area contributed by atoms with Gasteiger partial charge in [-0.05, 0) is 56.3 Å². The maximum atomic E-state index is 15.3. The van der Waals surface area contributed by atoms with E-state index in [2.05, 4.69) is 15.1 Å². The molecule has 9 nitrogen and oxygen atoms in total. The molecule has 2 aliphatic rings. The maximum Gasteiger partial charge on any atom is 0.250 e. The zero-order chi connectivity index (χ0) is 25.6. The van der Waals surface area contributed by atoms with Crippen LogP contribution in [0.5, 0.6) is 0 Å². The molecule has 1 aromatic heterocycles. The standard InChI is InChI=1S/C24H25ClFN5O4S/c1-30-8-2-3-15(12-30)22-28-29-23(35-22)17-9-20-21(10-18(17)26)36(33,34)13-19(27)24(32)31(20)11-14-4-6-16(25)7-5-14/h4-7,9-10,15,19H,2-3,8,11-13,27H2,1H3/t15?,19-/m0/s1. The Morgan fingerprint density at radius 3 is 2.69 bits per heavy atom. The van der Waals surface area contributed by atoms with Crippen molar-refractivity contribution < 1.29 is 22.0 Å². The number of anilines is 1. The van der Waals surface area contributed by atoms with Crippen molar-refractivity contribution in [1.82, 2.24) is 15.1 Å². The van der Waals surface area contributed by atoms with Gasteiger partial charge in [-0.1, -0.05) is 23.7 Å². The van der Waals surface area contributed by atoms with E-state index >= 15 is 4.39 Å². The summed E-state index contributed by atoms with van der Waals surface area (Å²) in [5, 5.41) is 8.69. The fourth-order valence-electron chi connectivity index (χ4n) is 4.70. The van der Waals surface area contributed by atoms with Gasteiger partial charge in [-0.2, -0.15) is 0 Å². The molecule has 3 heterocycles. The Balaban J connectivity index is 1.59. The monoisotopic (exact) mass is 533 g/mol. The number of hydrogen-bond acceptors (Lipinski definition) is 8. The summed E-state index contributed by atoms with van der Waals surface area (Å²) in [4.78, 5) is 16.3. The van der Waals surface area contributed by atoms with E-state index in [9.17, 15) is 13.2 Å². The normalized spacial score (nSPS) is 22.3. The van der Waals surface area contributed by atoms with Crippen LogP contribution in [0.4, 0.5) is 10.1 Å². The topological polar surface area (TPSA) is 123 Å². The summed E-state index contributed by atoms with van der Waals surface area (Å²) in [6.45, 7) is 1.74. The summed E-state index contributed by atoms with van der Waals surface area (Å²) < 4.78 is 47.2. The van der Waals surface area contributed by atoms with Crippen LogP contribution >= 0.6 is 11.6 Å². The van der Waals surface area contributed by atoms with Crippen LogP contribution in [0.25, 0.3) is 11.5 Å². The highest BCUT2D eigenvalue weighted by Crippen LogP contribution is 2.37. The number of hydrogen-bond donors (Lipinski definition) is 1. The van der Waals surface area contributed by atoms with E-state index < -0.39 is 33.4 Å². The first kappa shape index (κ1) is 24.8. The Bertz CT molecular complexity index is 1410. The van der Waals surface area contributed by atoms with E-state index in [0.717, 1.165) is 32.0 Å². The molecule has 0 bridgehead atoms. The molecule has 0 spiro atoms. The minimum Gasteiger partial charge on any atom is -0.420 e. The van der Waals surface area contributed by atoms with Crippen LogP contribution in [0.2, 0.25) is 5.02 Å². The lowest BCUT2D eigenvalue weighted by atomic mass is 9.99. The van der Waals surface area contributed by atoms with Gasteiger partial charge in [0, 0.05) is 11.6 Å². The van der Waals surface area contributed by atoms with Crippen molar-refractivity contribution in [2.75, 3.05) is 30.8 Å². The molecule has 5 rings (SSSR count). The fourth-order valence-corrected chi connectivity index (χ4v) is 6.39. The average Bonchev–Trinajstić information content (AvgIpc) is 3.31. The predicted octanol–water partition coefficient (Wildman–Crippen LogP) is 2.99. The number of aromatic nitrogens is 2. The van der Waals surface area contributed by atoms with E-state index in [1.807, 2.05) is 7.05 Å². The van der Waals surface area contributed by atoms with Gasteiger partial charge in [-0.15, -0.1) is 10.2 Å². The number of amides is 1. The van der Waals surface area contributed by atoms with Crippen molar-refractivity contribution in [3.05, 3.63) is 58.7 Å². The average molecular weight is 534 g/mol. The number of carbonyl (C=O) groups excluding carboxylic acids is 1. The van der Waals surface area contributed by atoms with Gasteiger partial charge in [-0.3, -0.25) is 4.79 Å². The van der Waals surface area contributed by atoms with Gasteiger partial charge in [0.2, 0.25) is 11.8 Å². The van der Waals surface area contributed by atoms with Gasteiger partial charge in [0.05, 0.1) is 40.4 Å². The van der Waals surface area contributed by atoms with Crippen LogP contribution in [0, 0.1) is 5.82 Å². The van der Waals surface area contributed by atoms with Crippen LogP contribution < -0.4 is 10.6 Å². The highest BCUT2D eigenvalue weighted by atomic mass is 35.5. The van der Waals surface area contributed by atoms with E-state index in [0.29, 0.717) is 16.5 Å². The van der Waals surface area contributed by atoms with E-state index in [4.69, 9.17) is 21.8 Å². The second kappa shape index (κ2) is 9.55. The number of halogens is 2. The van der Waals surface area contributed by atoms with Gasteiger partial charge in [0.1, 0.15) is 5.82 Å². The smallest absolute Gasteiger partial charge is 0.250 e. The molecule has 0 aliphatic carbocycles. The molecule has 3 aromatic rings. The first-order valence-corrected chi connectivity index (χ1v) is 13.6. The first-order valence-electron chi connectivity index (χ1n) is 11.5. The molecule has 0 saturated carbocycles. The number of piperidine rings is 1. The Kier molecular flexibility index (Phi) is 6.58. The zero-order valence-electron chi connectivity index (χ0n) is 19.5. The SMILES string of the molecule is CN1CCCC(c2nnc(-c3cc4c(cc3F)S(=O)(=O)C[C@H](N)C(=O)N4Cc3ccc(Cl)cc3)o2)C1. The van der Waals surface area contributed by atoms with Gasteiger partial charge < -0.3 is 20.0 Å². The third-order valence-corrected chi connectivity index (χ3v) is 8.60. The van der Waals surface area contributed by atoms with Gasteiger partial charge in [0.25, 0.3) is 5.89 Å². The number of sulfone groups is 1. The lowest BCUT2D eigenvalue weighted by molar-refractivity contribution is -0.119. The van der Waals surface area contributed by atoms with Crippen LogP contribution in [-0.2, 0) is 21.2 Å². The van der Waals surface area contributed by atoms with Gasteiger partial charge >= 0.3 is 0 Å². The number of likely N-dealkylation sites (N-methyl/N-ethyl adjacent to an activating group) is 1. The third kappa shape index (κ3) is 4.75. The molecular formula is C24H25ClFN5O4S. The maximum absolute atomic E-state index is 15.3. The molecule has 1 unspecified atom stereocenters. The van der Waals surface area contributed by atoms with Gasteiger partial charge in [0.15, 0.2) is 9.84 Å². The van der Waals surface area contributed by atoms with E-state index in [-0.39, 0.29) is 34.5 Å². The molecule has 1 fully saturated rings. The number of nitrogens with zero attached hydrogens (tertiary/aromatic N) is 4. The predicted molar refractivity (Wildman–Crippen MR) is 132 cm³/mol. The summed E-state index contributed by atoms with van der Waals surface area (Å²) in [5.74, 6) is -1.73. The molecule has 0 radical (unpaired) electrons. The lowest BCUT2D eigenvalue weighted by Crippen LogP contribution is -2.45. The van der Waals surface area contributed by atoms with Crippen molar-refractivity contribution in [2.24, 2.45) is 5.73 Å². The summed E-state index contributed by atoms with van der Waals surface area (Å²) in [7, 11) is -2.05. The van der Waals surface area contributed by atoms with E-state index in [1.54, 1.807) is 24.3 Å². The summed E-state index contributed by atoms with van der Waals surface area (Å²) in [6.07, 6.45) is 1.85. The summed E-state index contributed by atoms with van der Waals surface area (Å²) in [6, 6.07) is 7.63. The van der Waals surface area contributed by atoms with Crippen LogP contribution in [0.3, 0.4) is 0 Å². The molecule has 1 saturated heterocycles. The largest absolute Gasteiger partial charge is 0.420 e. The molecule has 12 heteroatoms. The zero-order valence-corrected chi connectivity index (χ0v) is 21.1. The van der Waals surface area contributed by atoms with Crippen LogP contribution in [0.15, 0.2) is 45.7 Å². The Morgan fingerprint density at radius 2 is 1.97 bits per heavy atom. The third-order valence-electron chi connectivity index (χ3n) is 6.56. The Morgan fingerprint density at radius 1 is 1.22 bits per heavy atom. The molecule has 2 aliphatic heterocycles. The molecule has 2 N–H and O–H groups in total. The second-order valence-corrected chi connectivity index (χ2v) is 11.7. The quantitative estimate of drug-likeness (QED) is 0.543. The van der Waals surface area contributed by atoms with E-state index in [1.165, 1.54) is 11.0 Å². The number of fused-ring (bicyclic) bond motifs is 1. The fraction of sp³-hybridized carbons (Fsp3) is 0.375.